The summed E-state index contributed by atoms with van der Waals surface area (Å²) in [6.07, 6.45) is 0.998. The SMILES string of the molecule is Nc1cccc(N2C(=O)C3CC2CS3)c1. The lowest BCUT2D eigenvalue weighted by molar-refractivity contribution is -0.116. The molecular formula is C11H12N2OS. The molecule has 2 bridgehead atoms. The van der Waals surface area contributed by atoms with E-state index in [1.54, 1.807) is 11.8 Å². The minimum absolute atomic E-state index is 0.191. The van der Waals surface area contributed by atoms with Gasteiger partial charge in [0.25, 0.3) is 0 Å². The molecule has 1 aromatic carbocycles. The number of hydrogen-bond acceptors (Lipinski definition) is 3. The van der Waals surface area contributed by atoms with Crippen molar-refractivity contribution >= 4 is 29.0 Å². The molecule has 15 heavy (non-hydrogen) atoms. The topological polar surface area (TPSA) is 46.3 Å². The summed E-state index contributed by atoms with van der Waals surface area (Å²) in [7, 11) is 0. The van der Waals surface area contributed by atoms with Gasteiger partial charge in [0.1, 0.15) is 0 Å². The van der Waals surface area contributed by atoms with Gasteiger partial charge in [-0.05, 0) is 24.6 Å². The standard InChI is InChI=1S/C11H12N2OS/c12-7-2-1-3-8(4-7)13-9-5-10(11(13)14)15-6-9/h1-4,9-10H,5-6,12H2. The number of amides is 1. The zero-order valence-corrected chi connectivity index (χ0v) is 9.04. The molecule has 3 nitrogen and oxygen atoms in total. The Morgan fingerprint density at radius 3 is 3.00 bits per heavy atom. The van der Waals surface area contributed by atoms with Crippen molar-refractivity contribution in [3.63, 3.8) is 0 Å². The van der Waals surface area contributed by atoms with Gasteiger partial charge in [-0.25, -0.2) is 0 Å². The highest BCUT2D eigenvalue weighted by molar-refractivity contribution is 8.01. The third kappa shape index (κ3) is 1.32. The van der Waals surface area contributed by atoms with Crippen molar-refractivity contribution in [1.82, 2.24) is 0 Å². The summed E-state index contributed by atoms with van der Waals surface area (Å²) in [6, 6.07) is 7.96. The molecule has 1 aromatic rings. The smallest absolute Gasteiger partial charge is 0.240 e. The lowest BCUT2D eigenvalue weighted by Crippen LogP contribution is -2.38. The van der Waals surface area contributed by atoms with E-state index in [-0.39, 0.29) is 11.2 Å². The maximum absolute atomic E-state index is 11.9. The van der Waals surface area contributed by atoms with Crippen LogP contribution in [-0.4, -0.2) is 23.0 Å². The van der Waals surface area contributed by atoms with Crippen LogP contribution in [0.5, 0.6) is 0 Å². The van der Waals surface area contributed by atoms with E-state index in [4.69, 9.17) is 5.73 Å². The summed E-state index contributed by atoms with van der Waals surface area (Å²) >= 11 is 1.78. The number of thioether (sulfide) groups is 1. The number of hydrogen-bond donors (Lipinski definition) is 1. The van der Waals surface area contributed by atoms with Gasteiger partial charge in [-0.1, -0.05) is 6.07 Å². The van der Waals surface area contributed by atoms with E-state index in [2.05, 4.69) is 0 Å². The van der Waals surface area contributed by atoms with Crippen molar-refractivity contribution in [2.75, 3.05) is 16.4 Å². The second-order valence-electron chi connectivity index (χ2n) is 4.01. The van der Waals surface area contributed by atoms with Crippen LogP contribution in [0.15, 0.2) is 24.3 Å². The summed E-state index contributed by atoms with van der Waals surface area (Å²) in [5.41, 5.74) is 7.40. The third-order valence-corrected chi connectivity index (χ3v) is 4.38. The third-order valence-electron chi connectivity index (χ3n) is 3.00. The number of anilines is 2. The first kappa shape index (κ1) is 9.09. The van der Waals surface area contributed by atoms with Crippen molar-refractivity contribution in [1.29, 1.82) is 0 Å². The van der Waals surface area contributed by atoms with E-state index in [9.17, 15) is 4.79 Å². The van der Waals surface area contributed by atoms with E-state index in [0.29, 0.717) is 6.04 Å². The Morgan fingerprint density at radius 2 is 2.33 bits per heavy atom. The molecule has 2 fully saturated rings. The van der Waals surface area contributed by atoms with Gasteiger partial charge in [-0.2, -0.15) is 0 Å². The zero-order valence-electron chi connectivity index (χ0n) is 8.22. The number of carbonyl (C=O) groups excluding carboxylic acids is 1. The molecule has 0 aliphatic carbocycles. The van der Waals surface area contributed by atoms with Gasteiger partial charge < -0.3 is 10.6 Å². The molecule has 0 spiro atoms. The molecule has 1 amide bonds. The van der Waals surface area contributed by atoms with Crippen LogP contribution in [-0.2, 0) is 4.79 Å². The number of nitrogens with two attached hydrogens (primary N) is 1. The maximum Gasteiger partial charge on any atom is 0.240 e. The lowest BCUT2D eigenvalue weighted by Gasteiger charge is -2.26. The van der Waals surface area contributed by atoms with Gasteiger partial charge in [0.15, 0.2) is 0 Å². The number of nitrogens with zero attached hydrogens (tertiary/aromatic N) is 1. The highest BCUT2D eigenvalue weighted by Crippen LogP contribution is 2.41. The number of nitrogen functional groups attached to an aromatic ring is 1. The van der Waals surface area contributed by atoms with E-state index >= 15 is 0 Å². The Morgan fingerprint density at radius 1 is 1.47 bits per heavy atom. The molecule has 2 aliphatic heterocycles. The summed E-state index contributed by atoms with van der Waals surface area (Å²) < 4.78 is 0. The Labute approximate surface area is 92.6 Å². The van der Waals surface area contributed by atoms with Crippen LogP contribution in [0, 0.1) is 0 Å². The van der Waals surface area contributed by atoms with Crippen molar-refractivity contribution in [3.05, 3.63) is 24.3 Å². The molecule has 2 saturated heterocycles. The van der Waals surface area contributed by atoms with Gasteiger partial charge in [-0.15, -0.1) is 11.8 Å². The van der Waals surface area contributed by atoms with Crippen LogP contribution in [0.25, 0.3) is 0 Å². The Bertz CT molecular complexity index is 421. The maximum atomic E-state index is 11.9. The van der Waals surface area contributed by atoms with Crippen molar-refractivity contribution in [2.24, 2.45) is 0 Å². The minimum Gasteiger partial charge on any atom is -0.399 e. The molecular weight excluding hydrogens is 208 g/mol. The minimum atomic E-state index is 0.191. The number of rotatable bonds is 1. The fraction of sp³-hybridized carbons (Fsp3) is 0.364. The summed E-state index contributed by atoms with van der Waals surface area (Å²) in [6.45, 7) is 0. The second kappa shape index (κ2) is 3.17. The fourth-order valence-corrected chi connectivity index (χ4v) is 3.66. The van der Waals surface area contributed by atoms with E-state index in [1.807, 2.05) is 29.2 Å². The summed E-state index contributed by atoms with van der Waals surface area (Å²) in [5.74, 6) is 1.31. The quantitative estimate of drug-likeness (QED) is 0.729. The molecule has 0 radical (unpaired) electrons. The molecule has 78 valence electrons. The Hall–Kier alpha value is -1.16. The van der Waals surface area contributed by atoms with Gasteiger partial charge in [0.2, 0.25) is 5.91 Å². The fourth-order valence-electron chi connectivity index (χ4n) is 2.31. The lowest BCUT2D eigenvalue weighted by atomic mass is 10.2. The van der Waals surface area contributed by atoms with Crippen LogP contribution in [0.1, 0.15) is 6.42 Å². The first-order chi connectivity index (χ1) is 7.25. The van der Waals surface area contributed by atoms with Gasteiger partial charge in [-0.3, -0.25) is 4.79 Å². The highest BCUT2D eigenvalue weighted by Gasteiger charge is 2.45. The van der Waals surface area contributed by atoms with Crippen LogP contribution < -0.4 is 10.6 Å². The second-order valence-corrected chi connectivity index (χ2v) is 5.25. The Kier molecular flexibility index (Phi) is 1.92. The van der Waals surface area contributed by atoms with E-state index in [0.717, 1.165) is 23.5 Å². The molecule has 2 unspecified atom stereocenters. The molecule has 2 aliphatic rings. The molecule has 4 heteroatoms. The molecule has 3 rings (SSSR count). The zero-order chi connectivity index (χ0) is 10.4. The number of carbonyl (C=O) groups is 1. The first-order valence-corrected chi connectivity index (χ1v) is 6.11. The molecule has 2 atom stereocenters. The van der Waals surface area contributed by atoms with Gasteiger partial charge in [0, 0.05) is 23.2 Å². The average Bonchev–Trinajstić information content (AvgIpc) is 2.77. The summed E-state index contributed by atoms with van der Waals surface area (Å²) in [5, 5.41) is 0.191. The largest absolute Gasteiger partial charge is 0.399 e. The van der Waals surface area contributed by atoms with E-state index < -0.39 is 0 Å². The molecule has 0 saturated carbocycles. The van der Waals surface area contributed by atoms with Gasteiger partial charge >= 0.3 is 0 Å². The van der Waals surface area contributed by atoms with Crippen LogP contribution in [0.3, 0.4) is 0 Å². The molecule has 2 heterocycles. The number of benzene rings is 1. The normalized spacial score (nSPS) is 28.8. The summed E-state index contributed by atoms with van der Waals surface area (Å²) in [4.78, 5) is 13.9. The van der Waals surface area contributed by atoms with Crippen molar-refractivity contribution in [2.45, 2.75) is 17.7 Å². The molecule has 0 aromatic heterocycles. The molecule has 2 N–H and O–H groups in total. The van der Waals surface area contributed by atoms with E-state index in [1.165, 1.54) is 0 Å². The predicted octanol–water partition coefficient (Wildman–Crippen LogP) is 1.49. The van der Waals surface area contributed by atoms with Crippen LogP contribution in [0.4, 0.5) is 11.4 Å². The Balaban J connectivity index is 1.98. The predicted molar refractivity (Wildman–Crippen MR) is 63.0 cm³/mol. The van der Waals surface area contributed by atoms with Gasteiger partial charge in [0.05, 0.1) is 5.25 Å². The average molecular weight is 220 g/mol. The van der Waals surface area contributed by atoms with Crippen LogP contribution >= 0.6 is 11.8 Å². The highest BCUT2D eigenvalue weighted by atomic mass is 32.2. The van der Waals surface area contributed by atoms with Crippen LogP contribution in [0.2, 0.25) is 0 Å². The first-order valence-electron chi connectivity index (χ1n) is 5.06. The monoisotopic (exact) mass is 220 g/mol. The number of fused-ring (bicyclic) bond motifs is 2. The van der Waals surface area contributed by atoms with Crippen molar-refractivity contribution in [3.8, 4) is 0 Å². The van der Waals surface area contributed by atoms with Crippen molar-refractivity contribution < 1.29 is 4.79 Å².